The van der Waals surface area contributed by atoms with E-state index in [-0.39, 0.29) is 21.6 Å². The van der Waals surface area contributed by atoms with Crippen LogP contribution < -0.4 is 9.62 Å². The average Bonchev–Trinajstić information content (AvgIpc) is 3.27. The Morgan fingerprint density at radius 2 is 1.77 bits per heavy atom. The Morgan fingerprint density at radius 3 is 2.33 bits per heavy atom. The predicted octanol–water partition coefficient (Wildman–Crippen LogP) is 2.45. The van der Waals surface area contributed by atoms with Crippen LogP contribution in [0.4, 0.5) is 18.9 Å². The van der Waals surface area contributed by atoms with Gasteiger partial charge < -0.3 is 9.80 Å². The van der Waals surface area contributed by atoms with Crippen LogP contribution in [-0.4, -0.2) is 94.6 Å². The standard InChI is InChI=1S/C24H29F3N8O3S2/c1-22(4-5-22)31-40(37,38)15-12-16(33-8-10-34(11-9-33)21(36)23(2)6-7-32(23)3)17-13-28-18(35(17)14-15)19-29-30-20(39-19)24(25,26)27/h12-14,31H,4-11H2,1-3H3. The number of likely N-dealkylation sites (N-methyl/N-ethyl adjacent to an activating group) is 1. The van der Waals surface area contributed by atoms with E-state index in [0.717, 1.165) is 13.0 Å². The number of fused-ring (bicyclic) bond motifs is 1. The number of pyridine rings is 1. The number of amides is 1. The van der Waals surface area contributed by atoms with Crippen molar-refractivity contribution in [2.45, 2.75) is 55.3 Å². The summed E-state index contributed by atoms with van der Waals surface area (Å²) in [6.45, 7) is 6.45. The number of hydrogen-bond acceptors (Lipinski definition) is 9. The maximum absolute atomic E-state index is 13.4. The maximum atomic E-state index is 13.4. The third-order valence-electron chi connectivity index (χ3n) is 8.29. The molecular formula is C24H29F3N8O3S2. The molecule has 5 heterocycles. The molecule has 0 bridgehead atoms. The summed E-state index contributed by atoms with van der Waals surface area (Å²) in [4.78, 5) is 23.3. The Bertz CT molecular complexity index is 1590. The first kappa shape index (κ1) is 27.4. The van der Waals surface area contributed by atoms with Crippen molar-refractivity contribution in [2.24, 2.45) is 0 Å². The second-order valence-corrected chi connectivity index (χ2v) is 13.9. The molecule has 3 aromatic heterocycles. The lowest BCUT2D eigenvalue weighted by Crippen LogP contribution is -2.66. The molecule has 0 radical (unpaired) electrons. The van der Waals surface area contributed by atoms with Crippen molar-refractivity contribution in [1.82, 2.24) is 34.1 Å². The Kier molecular flexibility index (Phi) is 6.22. The summed E-state index contributed by atoms with van der Waals surface area (Å²) >= 11 is 0.343. The van der Waals surface area contributed by atoms with Gasteiger partial charge in [-0.25, -0.2) is 18.1 Å². The number of nitrogens with one attached hydrogen (secondary N) is 1. The molecule has 3 aliphatic rings. The molecule has 3 aromatic rings. The van der Waals surface area contributed by atoms with Gasteiger partial charge in [0.15, 0.2) is 10.8 Å². The highest BCUT2D eigenvalue weighted by molar-refractivity contribution is 7.89. The lowest BCUT2D eigenvalue weighted by Gasteiger charge is -2.50. The van der Waals surface area contributed by atoms with E-state index >= 15 is 0 Å². The zero-order valence-corrected chi connectivity index (χ0v) is 23.8. The summed E-state index contributed by atoms with van der Waals surface area (Å²) in [5.74, 6) is 0.140. The SMILES string of the molecule is CN1CCC1(C)C(=O)N1CCN(c2cc(S(=O)(=O)NC3(C)CC3)cn3c(-c4nnc(C(F)(F)F)s4)ncc23)CC1. The van der Waals surface area contributed by atoms with Gasteiger partial charge in [-0.1, -0.05) is 11.3 Å². The topological polar surface area (TPSA) is 116 Å². The molecule has 1 saturated carbocycles. The van der Waals surface area contributed by atoms with Crippen molar-refractivity contribution >= 4 is 38.5 Å². The summed E-state index contributed by atoms with van der Waals surface area (Å²) < 4.78 is 70.6. The van der Waals surface area contributed by atoms with Gasteiger partial charge in [-0.15, -0.1) is 10.2 Å². The van der Waals surface area contributed by atoms with E-state index in [1.807, 2.05) is 35.6 Å². The molecule has 6 rings (SSSR count). The number of alkyl halides is 3. The van der Waals surface area contributed by atoms with Gasteiger partial charge in [-0.05, 0) is 46.2 Å². The molecule has 2 saturated heterocycles. The van der Waals surface area contributed by atoms with Crippen LogP contribution in [0.15, 0.2) is 23.4 Å². The van der Waals surface area contributed by atoms with E-state index in [1.165, 1.54) is 16.8 Å². The Morgan fingerprint density at radius 1 is 1.07 bits per heavy atom. The molecule has 0 aromatic carbocycles. The molecule has 216 valence electrons. The smallest absolute Gasteiger partial charge is 0.366 e. The lowest BCUT2D eigenvalue weighted by atomic mass is 9.85. The molecule has 11 nitrogen and oxygen atoms in total. The number of nitrogens with zero attached hydrogens (tertiary/aromatic N) is 7. The van der Waals surface area contributed by atoms with Gasteiger partial charge in [-0.3, -0.25) is 14.1 Å². The fraction of sp³-hybridized carbons (Fsp3) is 0.583. The van der Waals surface area contributed by atoms with Gasteiger partial charge in [0.25, 0.3) is 0 Å². The van der Waals surface area contributed by atoms with Crippen LogP contribution in [0.5, 0.6) is 0 Å². The van der Waals surface area contributed by atoms with Crippen LogP contribution in [0.2, 0.25) is 0 Å². The zero-order chi connectivity index (χ0) is 28.7. The van der Waals surface area contributed by atoms with Crippen molar-refractivity contribution in [2.75, 3.05) is 44.7 Å². The third-order valence-corrected chi connectivity index (χ3v) is 10.9. The van der Waals surface area contributed by atoms with Gasteiger partial charge in [0.05, 0.1) is 22.9 Å². The van der Waals surface area contributed by atoms with Gasteiger partial charge >= 0.3 is 6.18 Å². The van der Waals surface area contributed by atoms with Crippen molar-refractivity contribution in [3.05, 3.63) is 23.5 Å². The molecule has 16 heteroatoms. The first-order chi connectivity index (χ1) is 18.7. The normalized spacial score (nSPS) is 23.4. The van der Waals surface area contributed by atoms with Crippen molar-refractivity contribution in [1.29, 1.82) is 0 Å². The van der Waals surface area contributed by atoms with Gasteiger partial charge in [-0.2, -0.15) is 13.2 Å². The molecule has 1 unspecified atom stereocenters. The predicted molar refractivity (Wildman–Crippen MR) is 142 cm³/mol. The molecule has 2 aliphatic heterocycles. The third kappa shape index (κ3) is 4.63. The number of hydrogen-bond donors (Lipinski definition) is 1. The Hall–Kier alpha value is -2.82. The number of anilines is 1. The van der Waals surface area contributed by atoms with E-state index in [9.17, 15) is 26.4 Å². The molecule has 40 heavy (non-hydrogen) atoms. The number of rotatable bonds is 6. The molecule has 0 spiro atoms. The second-order valence-electron chi connectivity index (χ2n) is 11.2. The minimum Gasteiger partial charge on any atom is -0.366 e. The fourth-order valence-electron chi connectivity index (χ4n) is 5.15. The molecule has 1 N–H and O–H groups in total. The summed E-state index contributed by atoms with van der Waals surface area (Å²) in [7, 11) is -2.02. The first-order valence-corrected chi connectivity index (χ1v) is 15.2. The lowest BCUT2D eigenvalue weighted by molar-refractivity contribution is -0.150. The summed E-state index contributed by atoms with van der Waals surface area (Å²) in [6, 6.07) is 1.56. The number of carbonyl (C=O) groups is 1. The quantitative estimate of drug-likeness (QED) is 0.460. The van der Waals surface area contributed by atoms with E-state index in [4.69, 9.17) is 0 Å². The average molecular weight is 599 g/mol. The number of likely N-dealkylation sites (tertiary alicyclic amines) is 1. The molecule has 3 fully saturated rings. The minimum absolute atomic E-state index is 0.0370. The molecule has 1 atom stereocenters. The van der Waals surface area contributed by atoms with E-state index in [0.29, 0.717) is 61.6 Å². The van der Waals surface area contributed by atoms with Crippen LogP contribution in [0.25, 0.3) is 16.3 Å². The van der Waals surface area contributed by atoms with Crippen molar-refractivity contribution < 1.29 is 26.4 Å². The van der Waals surface area contributed by atoms with Crippen LogP contribution in [0, 0.1) is 0 Å². The van der Waals surface area contributed by atoms with E-state index in [1.54, 1.807) is 6.07 Å². The summed E-state index contributed by atoms with van der Waals surface area (Å²) in [5.41, 5.74) is 0.0392. The largest absolute Gasteiger partial charge is 0.445 e. The number of piperazine rings is 1. The maximum Gasteiger partial charge on any atom is 0.445 e. The Labute approximate surface area is 233 Å². The zero-order valence-electron chi connectivity index (χ0n) is 22.2. The van der Waals surface area contributed by atoms with E-state index < -0.39 is 32.3 Å². The van der Waals surface area contributed by atoms with Crippen LogP contribution in [0.1, 0.15) is 38.1 Å². The Balaban J connectivity index is 1.36. The summed E-state index contributed by atoms with van der Waals surface area (Å²) in [5, 5.41) is 5.76. The number of sulfonamides is 1. The highest BCUT2D eigenvalue weighted by Crippen LogP contribution is 2.39. The van der Waals surface area contributed by atoms with Gasteiger partial charge in [0, 0.05) is 44.5 Å². The van der Waals surface area contributed by atoms with Crippen LogP contribution in [-0.2, 0) is 21.0 Å². The number of carbonyl (C=O) groups excluding carboxylic acids is 1. The highest BCUT2D eigenvalue weighted by atomic mass is 32.2. The molecule has 1 aliphatic carbocycles. The second kappa shape index (κ2) is 9.09. The summed E-state index contributed by atoms with van der Waals surface area (Å²) in [6.07, 6.45) is 0.424. The monoisotopic (exact) mass is 598 g/mol. The highest BCUT2D eigenvalue weighted by Gasteiger charge is 2.47. The number of aromatic nitrogens is 4. The first-order valence-electron chi connectivity index (χ1n) is 12.9. The van der Waals surface area contributed by atoms with Gasteiger partial charge in [0.1, 0.15) is 4.90 Å². The van der Waals surface area contributed by atoms with Crippen LogP contribution >= 0.6 is 11.3 Å². The fourth-order valence-corrected chi connectivity index (χ4v) is 7.33. The molecular weight excluding hydrogens is 569 g/mol. The van der Waals surface area contributed by atoms with Crippen molar-refractivity contribution in [3.63, 3.8) is 0 Å². The van der Waals surface area contributed by atoms with E-state index in [2.05, 4.69) is 19.9 Å². The number of halogens is 3. The molecule has 1 amide bonds. The minimum atomic E-state index is -4.66. The van der Waals surface area contributed by atoms with Crippen molar-refractivity contribution in [3.8, 4) is 10.8 Å². The van der Waals surface area contributed by atoms with Crippen LogP contribution in [0.3, 0.4) is 0 Å². The van der Waals surface area contributed by atoms with Gasteiger partial charge in [0.2, 0.25) is 20.9 Å². The number of imidazole rings is 1.